The summed E-state index contributed by atoms with van der Waals surface area (Å²) < 4.78 is 5.16. The van der Waals surface area contributed by atoms with Gasteiger partial charge in [-0.05, 0) is 31.4 Å². The molecule has 1 aliphatic rings. The first kappa shape index (κ1) is 7.48. The lowest BCUT2D eigenvalue weighted by molar-refractivity contribution is -0.112. The molecule has 2 heteroatoms. The summed E-state index contributed by atoms with van der Waals surface area (Å²) in [6.07, 6.45) is 3.76. The lowest BCUT2D eigenvalue weighted by Gasteiger charge is -2.13. The molecule has 0 aromatic carbocycles. The van der Waals surface area contributed by atoms with Crippen LogP contribution in [-0.4, -0.2) is 19.0 Å². The number of hydrogen-bond acceptors (Lipinski definition) is 2. The lowest BCUT2D eigenvalue weighted by Crippen LogP contribution is -2.08. The molecule has 1 rings (SSSR count). The summed E-state index contributed by atoms with van der Waals surface area (Å²) in [5.74, 6) is 0.125. The molecule has 0 aliphatic carbocycles. The Kier molecular flexibility index (Phi) is 2.63. The number of allylic oxidation sites excluding steroid dienone is 1. The molecule has 0 amide bonds. The zero-order valence-electron chi connectivity index (χ0n) is 6.22. The van der Waals surface area contributed by atoms with Crippen LogP contribution in [0, 0.1) is 0 Å². The zero-order valence-corrected chi connectivity index (χ0v) is 6.22. The summed E-state index contributed by atoms with van der Waals surface area (Å²) in [5, 5.41) is 0. The van der Waals surface area contributed by atoms with E-state index in [1.807, 2.05) is 0 Å². The smallest absolute Gasteiger partial charge is 0.152 e. The fraction of sp³-hybridized carbons (Fsp3) is 0.625. The van der Waals surface area contributed by atoms with Gasteiger partial charge in [-0.2, -0.15) is 0 Å². The van der Waals surface area contributed by atoms with Gasteiger partial charge in [-0.1, -0.05) is 0 Å². The van der Waals surface area contributed by atoms with E-state index < -0.39 is 0 Å². The first-order valence-corrected chi connectivity index (χ1v) is 3.57. The van der Waals surface area contributed by atoms with E-state index in [1.165, 1.54) is 0 Å². The van der Waals surface area contributed by atoms with Crippen LogP contribution in [0.25, 0.3) is 0 Å². The summed E-state index contributed by atoms with van der Waals surface area (Å²) >= 11 is 0. The van der Waals surface area contributed by atoms with Crippen molar-refractivity contribution >= 4 is 5.78 Å². The van der Waals surface area contributed by atoms with Gasteiger partial charge >= 0.3 is 0 Å². The fourth-order valence-corrected chi connectivity index (χ4v) is 1.08. The third-order valence-corrected chi connectivity index (χ3v) is 1.48. The average molecular weight is 140 g/mol. The van der Waals surface area contributed by atoms with Crippen molar-refractivity contribution in [1.29, 1.82) is 0 Å². The van der Waals surface area contributed by atoms with Crippen LogP contribution in [0.2, 0.25) is 0 Å². The van der Waals surface area contributed by atoms with Gasteiger partial charge in [-0.25, -0.2) is 0 Å². The molecule has 2 nitrogen and oxygen atoms in total. The minimum absolute atomic E-state index is 0.125. The molecule has 0 saturated carbocycles. The molecular formula is C8H12O2. The minimum atomic E-state index is 0.125. The molecular weight excluding hydrogens is 128 g/mol. The van der Waals surface area contributed by atoms with Gasteiger partial charge in [0, 0.05) is 6.61 Å². The predicted octanol–water partition coefficient (Wildman–Crippen LogP) is 1.31. The monoisotopic (exact) mass is 140 g/mol. The highest BCUT2D eigenvalue weighted by molar-refractivity contribution is 5.87. The number of ether oxygens (including phenoxy) is 1. The number of ketones is 1. The molecule has 56 valence electrons. The molecule has 0 N–H and O–H groups in total. The van der Waals surface area contributed by atoms with Crippen LogP contribution in [0.3, 0.4) is 0 Å². The molecule has 0 atom stereocenters. The molecule has 1 fully saturated rings. The van der Waals surface area contributed by atoms with Gasteiger partial charge in [0.1, 0.15) is 0 Å². The van der Waals surface area contributed by atoms with Crippen molar-refractivity contribution in [3.05, 3.63) is 11.6 Å². The Morgan fingerprint density at radius 1 is 1.70 bits per heavy atom. The van der Waals surface area contributed by atoms with Crippen molar-refractivity contribution in [3.8, 4) is 0 Å². The Morgan fingerprint density at radius 2 is 2.50 bits per heavy atom. The summed E-state index contributed by atoms with van der Waals surface area (Å²) in [6.45, 7) is 3.07. The van der Waals surface area contributed by atoms with Gasteiger partial charge in [0.25, 0.3) is 0 Å². The second-order valence-electron chi connectivity index (χ2n) is 2.57. The number of carbonyl (C=O) groups is 1. The first-order valence-electron chi connectivity index (χ1n) is 3.57. The van der Waals surface area contributed by atoms with Crippen molar-refractivity contribution in [2.24, 2.45) is 0 Å². The zero-order chi connectivity index (χ0) is 7.40. The van der Waals surface area contributed by atoms with Crippen LogP contribution >= 0.6 is 0 Å². The maximum absolute atomic E-state index is 10.6. The van der Waals surface area contributed by atoms with Gasteiger partial charge in [0.05, 0.1) is 6.61 Å². The highest BCUT2D eigenvalue weighted by Gasteiger charge is 2.04. The molecule has 0 spiro atoms. The first-order chi connectivity index (χ1) is 4.79. The molecule has 1 saturated heterocycles. The number of rotatable bonds is 1. The molecule has 10 heavy (non-hydrogen) atoms. The Labute approximate surface area is 60.9 Å². The predicted molar refractivity (Wildman–Crippen MR) is 38.8 cm³/mol. The van der Waals surface area contributed by atoms with Crippen molar-refractivity contribution in [3.63, 3.8) is 0 Å². The summed E-state index contributed by atoms with van der Waals surface area (Å²) in [4.78, 5) is 10.6. The van der Waals surface area contributed by atoms with E-state index in [9.17, 15) is 4.79 Å². The van der Waals surface area contributed by atoms with E-state index >= 15 is 0 Å². The SMILES string of the molecule is CC(=O)C=C1CCCOC1. The molecule has 0 aromatic heterocycles. The lowest BCUT2D eigenvalue weighted by atomic mass is 10.1. The third-order valence-electron chi connectivity index (χ3n) is 1.48. The van der Waals surface area contributed by atoms with Crippen molar-refractivity contribution in [2.75, 3.05) is 13.2 Å². The fourth-order valence-electron chi connectivity index (χ4n) is 1.08. The standard InChI is InChI=1S/C8H12O2/c1-7(9)5-8-3-2-4-10-6-8/h5H,2-4,6H2,1H3. The Morgan fingerprint density at radius 3 is 3.00 bits per heavy atom. The van der Waals surface area contributed by atoms with E-state index in [0.29, 0.717) is 6.61 Å². The van der Waals surface area contributed by atoms with E-state index in [2.05, 4.69) is 0 Å². The van der Waals surface area contributed by atoms with Crippen molar-refractivity contribution in [2.45, 2.75) is 19.8 Å². The minimum Gasteiger partial charge on any atom is -0.377 e. The van der Waals surface area contributed by atoms with E-state index in [1.54, 1.807) is 13.0 Å². The highest BCUT2D eigenvalue weighted by Crippen LogP contribution is 2.11. The summed E-state index contributed by atoms with van der Waals surface area (Å²) in [6, 6.07) is 0. The Balaban J connectivity index is 2.45. The molecule has 1 heterocycles. The van der Waals surface area contributed by atoms with E-state index in [-0.39, 0.29) is 5.78 Å². The Hall–Kier alpha value is -0.630. The third kappa shape index (κ3) is 2.31. The molecule has 0 bridgehead atoms. The summed E-state index contributed by atoms with van der Waals surface area (Å²) in [7, 11) is 0. The maximum atomic E-state index is 10.6. The van der Waals surface area contributed by atoms with Gasteiger partial charge in [0.2, 0.25) is 0 Å². The van der Waals surface area contributed by atoms with Crippen LogP contribution in [0.1, 0.15) is 19.8 Å². The molecule has 0 aromatic rings. The van der Waals surface area contributed by atoms with Crippen LogP contribution in [0.5, 0.6) is 0 Å². The van der Waals surface area contributed by atoms with Crippen molar-refractivity contribution < 1.29 is 9.53 Å². The van der Waals surface area contributed by atoms with Gasteiger partial charge in [-0.15, -0.1) is 0 Å². The average Bonchev–Trinajstić information content (AvgIpc) is 1.88. The van der Waals surface area contributed by atoms with Crippen LogP contribution in [-0.2, 0) is 9.53 Å². The van der Waals surface area contributed by atoms with Gasteiger partial charge < -0.3 is 4.74 Å². The van der Waals surface area contributed by atoms with Gasteiger partial charge in [0.15, 0.2) is 5.78 Å². The quantitative estimate of drug-likeness (QED) is 0.513. The second-order valence-corrected chi connectivity index (χ2v) is 2.57. The highest BCUT2D eigenvalue weighted by atomic mass is 16.5. The van der Waals surface area contributed by atoms with Gasteiger partial charge in [-0.3, -0.25) is 4.79 Å². The Bertz CT molecular complexity index is 151. The molecule has 0 unspecified atom stereocenters. The normalized spacial score (nSPS) is 23.1. The second kappa shape index (κ2) is 3.52. The van der Waals surface area contributed by atoms with E-state index in [0.717, 1.165) is 25.0 Å². The van der Waals surface area contributed by atoms with E-state index in [4.69, 9.17) is 4.74 Å². The van der Waals surface area contributed by atoms with Crippen LogP contribution in [0.15, 0.2) is 11.6 Å². The number of hydrogen-bond donors (Lipinski definition) is 0. The summed E-state index contributed by atoms with van der Waals surface area (Å²) in [5.41, 5.74) is 1.14. The maximum Gasteiger partial charge on any atom is 0.152 e. The topological polar surface area (TPSA) is 26.3 Å². The number of carbonyl (C=O) groups excluding carboxylic acids is 1. The molecule has 0 radical (unpaired) electrons. The molecule has 1 aliphatic heterocycles. The largest absolute Gasteiger partial charge is 0.377 e. The van der Waals surface area contributed by atoms with Crippen molar-refractivity contribution in [1.82, 2.24) is 0 Å². The van der Waals surface area contributed by atoms with Crippen LogP contribution < -0.4 is 0 Å². The van der Waals surface area contributed by atoms with Crippen LogP contribution in [0.4, 0.5) is 0 Å².